The molecule has 1 aliphatic heterocycles. The minimum absolute atomic E-state index is 0.142. The summed E-state index contributed by atoms with van der Waals surface area (Å²) in [5.41, 5.74) is 0. The Labute approximate surface area is 138 Å². The maximum atomic E-state index is 13.1. The van der Waals surface area contributed by atoms with Gasteiger partial charge >= 0.3 is 0 Å². The van der Waals surface area contributed by atoms with Gasteiger partial charge in [-0.25, -0.2) is 4.39 Å². The average molecular weight is 322 g/mol. The van der Waals surface area contributed by atoms with E-state index in [-0.39, 0.29) is 17.8 Å². The summed E-state index contributed by atoms with van der Waals surface area (Å²) in [6, 6.07) is 6.05. The smallest absolute Gasteiger partial charge is 0.260 e. The lowest BCUT2D eigenvalue weighted by Crippen LogP contribution is -2.48. The summed E-state index contributed by atoms with van der Waals surface area (Å²) in [6.07, 6.45) is 1.29. The molecule has 1 aromatic carbocycles. The Balaban J connectivity index is 1.76. The number of piperidine rings is 1. The van der Waals surface area contributed by atoms with Gasteiger partial charge in [0.25, 0.3) is 5.91 Å². The normalized spacial score (nSPS) is 18.0. The van der Waals surface area contributed by atoms with Gasteiger partial charge in [-0.3, -0.25) is 4.79 Å². The molecule has 1 N–H and O–H groups in total. The Bertz CT molecular complexity index is 513. The van der Waals surface area contributed by atoms with E-state index in [1.165, 1.54) is 12.1 Å². The molecule has 1 saturated heterocycles. The number of hydrogen-bond donors (Lipinski definition) is 1. The summed E-state index contributed by atoms with van der Waals surface area (Å²) >= 11 is 0. The zero-order valence-corrected chi connectivity index (χ0v) is 14.2. The number of halogens is 1. The molecule has 1 atom stereocenters. The first-order chi connectivity index (χ1) is 10.9. The highest BCUT2D eigenvalue weighted by Gasteiger charge is 2.23. The van der Waals surface area contributed by atoms with Crippen LogP contribution in [0.5, 0.6) is 5.75 Å². The van der Waals surface area contributed by atoms with E-state index in [2.05, 4.69) is 24.1 Å². The van der Waals surface area contributed by atoms with Crippen LogP contribution >= 0.6 is 0 Å². The molecule has 0 bridgehead atoms. The minimum atomic E-state index is -0.634. The number of nitrogens with one attached hydrogen (secondary N) is 1. The fourth-order valence-corrected chi connectivity index (χ4v) is 2.89. The molecule has 1 fully saturated rings. The van der Waals surface area contributed by atoms with Gasteiger partial charge in [0, 0.05) is 31.7 Å². The van der Waals surface area contributed by atoms with Gasteiger partial charge in [0.15, 0.2) is 6.10 Å². The van der Waals surface area contributed by atoms with E-state index in [9.17, 15) is 9.18 Å². The van der Waals surface area contributed by atoms with Crippen molar-refractivity contribution in [2.45, 2.75) is 45.8 Å². The van der Waals surface area contributed by atoms with Crippen LogP contribution in [-0.2, 0) is 4.79 Å². The topological polar surface area (TPSA) is 41.6 Å². The number of nitrogens with zero attached hydrogens (tertiary/aromatic N) is 1. The minimum Gasteiger partial charge on any atom is -0.481 e. The fraction of sp³-hybridized carbons (Fsp3) is 0.611. The SMILES string of the molecule is CC(C)CN1CCC(NC(=O)C(C)Oc2cccc(F)c2)CC1. The highest BCUT2D eigenvalue weighted by molar-refractivity contribution is 5.81. The molecule has 4 nitrogen and oxygen atoms in total. The van der Waals surface area contributed by atoms with Crippen LogP contribution in [0.3, 0.4) is 0 Å². The number of carbonyl (C=O) groups is 1. The molecule has 1 aliphatic rings. The maximum absolute atomic E-state index is 13.1. The van der Waals surface area contributed by atoms with Crippen molar-refractivity contribution in [1.82, 2.24) is 10.2 Å². The third-order valence-corrected chi connectivity index (χ3v) is 4.04. The molecule has 128 valence electrons. The Morgan fingerprint density at radius 2 is 2.04 bits per heavy atom. The number of carbonyl (C=O) groups excluding carboxylic acids is 1. The van der Waals surface area contributed by atoms with Gasteiger partial charge in [0.1, 0.15) is 11.6 Å². The van der Waals surface area contributed by atoms with Crippen molar-refractivity contribution in [3.63, 3.8) is 0 Å². The molecule has 0 radical (unpaired) electrons. The molecule has 1 unspecified atom stereocenters. The Morgan fingerprint density at radius 1 is 1.35 bits per heavy atom. The van der Waals surface area contributed by atoms with Gasteiger partial charge in [0.2, 0.25) is 0 Å². The van der Waals surface area contributed by atoms with Gasteiger partial charge in [-0.1, -0.05) is 19.9 Å². The molecule has 23 heavy (non-hydrogen) atoms. The Morgan fingerprint density at radius 3 is 2.65 bits per heavy atom. The predicted octanol–water partition coefficient (Wildman–Crippen LogP) is 2.83. The summed E-state index contributed by atoms with van der Waals surface area (Å²) in [6.45, 7) is 9.27. The van der Waals surface area contributed by atoms with E-state index in [4.69, 9.17) is 4.74 Å². The number of likely N-dealkylation sites (tertiary alicyclic amines) is 1. The van der Waals surface area contributed by atoms with Crippen LogP contribution in [-0.4, -0.2) is 42.6 Å². The van der Waals surface area contributed by atoms with Crippen LogP contribution in [0.15, 0.2) is 24.3 Å². The number of hydrogen-bond acceptors (Lipinski definition) is 3. The average Bonchev–Trinajstić information content (AvgIpc) is 2.48. The quantitative estimate of drug-likeness (QED) is 0.876. The lowest BCUT2D eigenvalue weighted by Gasteiger charge is -2.33. The van der Waals surface area contributed by atoms with Crippen LogP contribution in [0.2, 0.25) is 0 Å². The molecular weight excluding hydrogens is 295 g/mol. The van der Waals surface area contributed by atoms with E-state index in [0.717, 1.165) is 32.5 Å². The molecule has 1 heterocycles. The van der Waals surface area contributed by atoms with Crippen LogP contribution in [0.1, 0.15) is 33.6 Å². The lowest BCUT2D eigenvalue weighted by molar-refractivity contribution is -0.128. The van der Waals surface area contributed by atoms with Crippen LogP contribution < -0.4 is 10.1 Å². The van der Waals surface area contributed by atoms with Crippen molar-refractivity contribution >= 4 is 5.91 Å². The first-order valence-corrected chi connectivity index (χ1v) is 8.39. The summed E-state index contributed by atoms with van der Waals surface area (Å²) in [4.78, 5) is 14.7. The standard InChI is InChI=1S/C18H27FN2O2/c1-13(2)12-21-9-7-16(8-10-21)20-18(22)14(3)23-17-6-4-5-15(19)11-17/h4-6,11,13-14,16H,7-10,12H2,1-3H3,(H,20,22). The third kappa shape index (κ3) is 5.82. The predicted molar refractivity (Wildman–Crippen MR) is 88.9 cm³/mol. The number of amides is 1. The lowest BCUT2D eigenvalue weighted by atomic mass is 10.0. The van der Waals surface area contributed by atoms with Crippen LogP contribution in [0.25, 0.3) is 0 Å². The van der Waals surface area contributed by atoms with Crippen molar-refractivity contribution in [1.29, 1.82) is 0 Å². The van der Waals surface area contributed by atoms with Gasteiger partial charge in [-0.2, -0.15) is 0 Å². The highest BCUT2D eigenvalue weighted by Crippen LogP contribution is 2.15. The Hall–Kier alpha value is -1.62. The maximum Gasteiger partial charge on any atom is 0.260 e. The first-order valence-electron chi connectivity index (χ1n) is 8.39. The van der Waals surface area contributed by atoms with E-state index in [1.807, 2.05) is 0 Å². The second kappa shape index (κ2) is 8.29. The van der Waals surface area contributed by atoms with E-state index in [0.29, 0.717) is 11.7 Å². The summed E-state index contributed by atoms with van der Waals surface area (Å²) < 4.78 is 18.6. The molecule has 0 aromatic heterocycles. The molecular formula is C18H27FN2O2. The molecule has 0 aliphatic carbocycles. The Kier molecular flexibility index (Phi) is 6.39. The summed E-state index contributed by atoms with van der Waals surface area (Å²) in [5, 5.41) is 3.04. The number of rotatable bonds is 6. The van der Waals surface area contributed by atoms with Crippen molar-refractivity contribution in [3.8, 4) is 5.75 Å². The van der Waals surface area contributed by atoms with E-state index >= 15 is 0 Å². The van der Waals surface area contributed by atoms with Crippen LogP contribution in [0.4, 0.5) is 4.39 Å². The highest BCUT2D eigenvalue weighted by atomic mass is 19.1. The molecule has 0 saturated carbocycles. The monoisotopic (exact) mass is 322 g/mol. The molecule has 1 aromatic rings. The fourth-order valence-electron chi connectivity index (χ4n) is 2.89. The number of benzene rings is 1. The van der Waals surface area contributed by atoms with Gasteiger partial charge in [-0.05, 0) is 37.8 Å². The van der Waals surface area contributed by atoms with E-state index < -0.39 is 6.10 Å². The summed E-state index contributed by atoms with van der Waals surface area (Å²) in [7, 11) is 0. The molecule has 2 rings (SSSR count). The van der Waals surface area contributed by atoms with Crippen molar-refractivity contribution < 1.29 is 13.9 Å². The van der Waals surface area contributed by atoms with Crippen molar-refractivity contribution in [3.05, 3.63) is 30.1 Å². The van der Waals surface area contributed by atoms with Crippen LogP contribution in [0, 0.1) is 11.7 Å². The summed E-state index contributed by atoms with van der Waals surface area (Å²) in [5.74, 6) is 0.532. The third-order valence-electron chi connectivity index (χ3n) is 4.04. The van der Waals surface area contributed by atoms with E-state index in [1.54, 1.807) is 19.1 Å². The zero-order valence-electron chi connectivity index (χ0n) is 14.2. The largest absolute Gasteiger partial charge is 0.481 e. The molecule has 0 spiro atoms. The second-order valence-electron chi connectivity index (χ2n) is 6.69. The van der Waals surface area contributed by atoms with Gasteiger partial charge < -0.3 is 15.0 Å². The zero-order chi connectivity index (χ0) is 16.8. The number of ether oxygens (including phenoxy) is 1. The van der Waals surface area contributed by atoms with Gasteiger partial charge in [-0.15, -0.1) is 0 Å². The van der Waals surface area contributed by atoms with Crippen molar-refractivity contribution in [2.75, 3.05) is 19.6 Å². The second-order valence-corrected chi connectivity index (χ2v) is 6.69. The van der Waals surface area contributed by atoms with Crippen molar-refractivity contribution in [2.24, 2.45) is 5.92 Å². The first kappa shape index (κ1) is 17.7. The molecule has 1 amide bonds. The molecule has 5 heteroatoms. The van der Waals surface area contributed by atoms with Gasteiger partial charge in [0.05, 0.1) is 0 Å².